The van der Waals surface area contributed by atoms with Gasteiger partial charge < -0.3 is 16.0 Å². The van der Waals surface area contributed by atoms with Crippen LogP contribution in [-0.2, 0) is 0 Å². The van der Waals surface area contributed by atoms with E-state index in [0.29, 0.717) is 10.7 Å². The number of nitrogen functional groups attached to an aromatic ring is 1. The first-order chi connectivity index (χ1) is 8.86. The topological polar surface area (TPSA) is 71.2 Å². The Morgan fingerprint density at radius 2 is 2.00 bits per heavy atom. The molecule has 0 aliphatic heterocycles. The number of nitrogens with zero attached hydrogens (tertiary/aromatic N) is 2. The molecule has 0 aliphatic rings. The van der Waals surface area contributed by atoms with Crippen molar-refractivity contribution in [3.63, 3.8) is 0 Å². The highest BCUT2D eigenvalue weighted by Crippen LogP contribution is 2.28. The molecule has 0 radical (unpaired) electrons. The summed E-state index contributed by atoms with van der Waals surface area (Å²) in [5.74, 6) is 0.185. The van der Waals surface area contributed by atoms with Gasteiger partial charge in [-0.25, -0.2) is 4.98 Å². The molecular weight excluding hydrogens is 260 g/mol. The van der Waals surface area contributed by atoms with Crippen molar-refractivity contribution in [2.75, 3.05) is 24.2 Å². The molecule has 1 aromatic rings. The molecule has 0 aliphatic carbocycles. The van der Waals surface area contributed by atoms with Gasteiger partial charge >= 0.3 is 0 Å². The Hall–Kier alpha value is -1.30. The maximum atomic E-state index is 12.3. The molecule has 0 bridgehead atoms. The molecule has 1 aromatic heterocycles. The lowest BCUT2D eigenvalue weighted by molar-refractivity contribution is 0.0906. The Kier molecular flexibility index (Phi) is 5.17. The Balaban J connectivity index is 2.91. The van der Waals surface area contributed by atoms with Crippen molar-refractivity contribution >= 4 is 28.2 Å². The Morgan fingerprint density at radius 1 is 1.42 bits per heavy atom. The lowest BCUT2D eigenvalue weighted by Crippen LogP contribution is -2.44. The number of nitrogens with one attached hydrogen (secondary N) is 1. The van der Waals surface area contributed by atoms with Crippen molar-refractivity contribution in [1.29, 1.82) is 0 Å². The number of hydrogen-bond donors (Lipinski definition) is 2. The number of carbonyl (C=O) groups is 1. The lowest BCUT2D eigenvalue weighted by atomic mass is 9.95. The van der Waals surface area contributed by atoms with Crippen LogP contribution in [0, 0.1) is 0 Å². The molecule has 0 saturated heterocycles. The number of nitrogens with two attached hydrogens (primary N) is 1. The minimum atomic E-state index is -0.190. The largest absolute Gasteiger partial charge is 0.382 e. The molecular formula is C13H24N4OS. The molecule has 0 saturated carbocycles. The molecule has 0 atom stereocenters. The van der Waals surface area contributed by atoms with Crippen molar-refractivity contribution in [2.24, 2.45) is 0 Å². The summed E-state index contributed by atoms with van der Waals surface area (Å²) in [6, 6.07) is 0. The van der Waals surface area contributed by atoms with Gasteiger partial charge in [-0.05, 0) is 26.7 Å². The van der Waals surface area contributed by atoms with Gasteiger partial charge in [0.25, 0.3) is 5.91 Å². The molecule has 0 unspecified atom stereocenters. The molecule has 3 N–H and O–H groups in total. The Bertz CT molecular complexity index is 440. The van der Waals surface area contributed by atoms with Crippen LogP contribution < -0.4 is 16.0 Å². The third-order valence-corrected chi connectivity index (χ3v) is 4.81. The van der Waals surface area contributed by atoms with Gasteiger partial charge in [0, 0.05) is 19.1 Å². The van der Waals surface area contributed by atoms with E-state index in [4.69, 9.17) is 5.73 Å². The second-order valence-corrected chi connectivity index (χ2v) is 5.92. The van der Waals surface area contributed by atoms with Gasteiger partial charge in [-0.15, -0.1) is 0 Å². The summed E-state index contributed by atoms with van der Waals surface area (Å²) in [6.07, 6.45) is 1.77. The fourth-order valence-corrected chi connectivity index (χ4v) is 2.44. The van der Waals surface area contributed by atoms with Crippen LogP contribution in [0.4, 0.5) is 10.9 Å². The molecule has 0 aromatic carbocycles. The molecule has 0 fully saturated rings. The number of hydrogen-bond acceptors (Lipinski definition) is 5. The summed E-state index contributed by atoms with van der Waals surface area (Å²) in [5, 5.41) is 3.83. The van der Waals surface area contributed by atoms with Crippen LogP contribution in [0.15, 0.2) is 0 Å². The fourth-order valence-electron chi connectivity index (χ4n) is 1.54. The van der Waals surface area contributed by atoms with Gasteiger partial charge in [0.05, 0.1) is 0 Å². The zero-order chi connectivity index (χ0) is 14.6. The molecule has 1 amide bonds. The first-order valence-corrected chi connectivity index (χ1v) is 7.48. The summed E-state index contributed by atoms with van der Waals surface area (Å²) in [5.41, 5.74) is 5.66. The molecule has 1 rings (SSSR count). The summed E-state index contributed by atoms with van der Waals surface area (Å²) in [4.78, 5) is 19.0. The van der Waals surface area contributed by atoms with E-state index in [1.807, 2.05) is 25.8 Å². The maximum Gasteiger partial charge on any atom is 0.265 e. The van der Waals surface area contributed by atoms with E-state index in [1.165, 1.54) is 11.3 Å². The van der Waals surface area contributed by atoms with Crippen molar-refractivity contribution in [3.8, 4) is 0 Å². The molecule has 6 heteroatoms. The summed E-state index contributed by atoms with van der Waals surface area (Å²) in [6.45, 7) is 9.03. The Labute approximate surface area is 119 Å². The summed E-state index contributed by atoms with van der Waals surface area (Å²) in [7, 11) is 1.93. The number of carbonyl (C=O) groups excluding carboxylic acids is 1. The van der Waals surface area contributed by atoms with Crippen molar-refractivity contribution < 1.29 is 4.79 Å². The second kappa shape index (κ2) is 6.23. The van der Waals surface area contributed by atoms with Crippen LogP contribution in [0.25, 0.3) is 0 Å². The van der Waals surface area contributed by atoms with Gasteiger partial charge in [0.15, 0.2) is 5.13 Å². The van der Waals surface area contributed by atoms with Crippen LogP contribution in [-0.4, -0.2) is 30.0 Å². The molecule has 108 valence electrons. The first kappa shape index (κ1) is 15.8. The fraction of sp³-hybridized carbons (Fsp3) is 0.692. The number of thiazole rings is 1. The van der Waals surface area contributed by atoms with E-state index in [9.17, 15) is 4.79 Å². The van der Waals surface area contributed by atoms with E-state index in [-0.39, 0.29) is 11.4 Å². The average Bonchev–Trinajstić information content (AvgIpc) is 2.79. The van der Waals surface area contributed by atoms with Crippen LogP contribution in [0.3, 0.4) is 0 Å². The van der Waals surface area contributed by atoms with Crippen LogP contribution >= 0.6 is 11.3 Å². The molecule has 5 nitrogen and oxygen atoms in total. The predicted molar refractivity (Wildman–Crippen MR) is 81.9 cm³/mol. The summed E-state index contributed by atoms with van der Waals surface area (Å²) >= 11 is 1.34. The highest BCUT2D eigenvalue weighted by molar-refractivity contribution is 7.18. The zero-order valence-corrected chi connectivity index (χ0v) is 13.2. The second-order valence-electron chi connectivity index (χ2n) is 4.95. The third kappa shape index (κ3) is 3.59. The van der Waals surface area contributed by atoms with E-state index < -0.39 is 0 Å². The number of anilines is 2. The van der Waals surface area contributed by atoms with Gasteiger partial charge in [-0.2, -0.15) is 0 Å². The van der Waals surface area contributed by atoms with Gasteiger partial charge in [-0.3, -0.25) is 4.79 Å². The van der Waals surface area contributed by atoms with Crippen LogP contribution in [0.5, 0.6) is 0 Å². The van der Waals surface area contributed by atoms with E-state index >= 15 is 0 Å². The highest BCUT2D eigenvalue weighted by atomic mass is 32.1. The van der Waals surface area contributed by atoms with Gasteiger partial charge in [0.2, 0.25) is 0 Å². The minimum Gasteiger partial charge on any atom is -0.382 e. The van der Waals surface area contributed by atoms with Crippen LogP contribution in [0.1, 0.15) is 50.2 Å². The third-order valence-electron chi connectivity index (χ3n) is 3.63. The first-order valence-electron chi connectivity index (χ1n) is 6.66. The van der Waals surface area contributed by atoms with E-state index in [2.05, 4.69) is 24.1 Å². The molecule has 0 spiro atoms. The Morgan fingerprint density at radius 3 is 2.47 bits per heavy atom. The van der Waals surface area contributed by atoms with E-state index in [0.717, 1.165) is 24.5 Å². The van der Waals surface area contributed by atoms with Gasteiger partial charge in [-0.1, -0.05) is 25.2 Å². The quantitative estimate of drug-likeness (QED) is 0.842. The normalized spacial score (nSPS) is 11.4. The number of amides is 1. The number of rotatable bonds is 6. The molecule has 1 heterocycles. The monoisotopic (exact) mass is 284 g/mol. The van der Waals surface area contributed by atoms with Crippen LogP contribution in [0.2, 0.25) is 0 Å². The highest BCUT2D eigenvalue weighted by Gasteiger charge is 2.25. The van der Waals surface area contributed by atoms with Crippen molar-refractivity contribution in [1.82, 2.24) is 10.3 Å². The SMILES string of the molecule is CCN(C)c1nc(N)c(C(=O)NC(C)(CC)CC)s1. The summed E-state index contributed by atoms with van der Waals surface area (Å²) < 4.78 is 0. The number of aromatic nitrogens is 1. The van der Waals surface area contributed by atoms with E-state index in [1.54, 1.807) is 0 Å². The standard InChI is InChI=1S/C13H24N4OS/c1-6-13(4,7-2)16-11(18)9-10(14)15-12(19-9)17(5)8-3/h6-8,14H2,1-5H3,(H,16,18). The predicted octanol–water partition coefficient (Wildman–Crippen LogP) is 2.49. The van der Waals surface area contributed by atoms with Crippen molar-refractivity contribution in [3.05, 3.63) is 4.88 Å². The van der Waals surface area contributed by atoms with Crippen molar-refractivity contribution in [2.45, 2.75) is 46.1 Å². The average molecular weight is 284 g/mol. The zero-order valence-electron chi connectivity index (χ0n) is 12.4. The maximum absolute atomic E-state index is 12.3. The smallest absolute Gasteiger partial charge is 0.265 e. The molecule has 19 heavy (non-hydrogen) atoms. The minimum absolute atomic E-state index is 0.128. The van der Waals surface area contributed by atoms with Gasteiger partial charge in [0.1, 0.15) is 10.7 Å². The lowest BCUT2D eigenvalue weighted by Gasteiger charge is -2.27.